The monoisotopic (exact) mass is 237 g/mol. The second-order valence-corrected chi connectivity index (χ2v) is 3.82. The van der Waals surface area contributed by atoms with Gasteiger partial charge < -0.3 is 11.1 Å². The molecule has 0 heterocycles. The number of nitrogens with one attached hydrogen (secondary N) is 1. The van der Waals surface area contributed by atoms with Crippen LogP contribution in [0.4, 0.5) is 5.69 Å². The molecule has 6 heteroatoms. The highest BCUT2D eigenvalue weighted by atomic mass is 16.6. The van der Waals surface area contributed by atoms with Crippen molar-refractivity contribution in [2.24, 2.45) is 5.73 Å². The zero-order valence-corrected chi connectivity index (χ0v) is 9.77. The van der Waals surface area contributed by atoms with Gasteiger partial charge in [-0.15, -0.1) is 0 Å². The number of rotatable bonds is 4. The molecule has 1 aromatic carbocycles. The largest absolute Gasteiger partial charge is 0.351 e. The van der Waals surface area contributed by atoms with E-state index in [0.29, 0.717) is 11.1 Å². The molecule has 3 N–H and O–H groups in total. The molecule has 0 fully saturated rings. The Morgan fingerprint density at radius 2 is 2.24 bits per heavy atom. The summed E-state index contributed by atoms with van der Waals surface area (Å²) in [4.78, 5) is 21.6. The second kappa shape index (κ2) is 5.40. The van der Waals surface area contributed by atoms with Crippen LogP contribution in [0.3, 0.4) is 0 Å². The molecule has 92 valence electrons. The molecule has 6 nitrogen and oxygen atoms in total. The van der Waals surface area contributed by atoms with E-state index in [1.165, 1.54) is 6.07 Å². The van der Waals surface area contributed by atoms with Gasteiger partial charge in [0.2, 0.25) is 5.91 Å². The highest BCUT2D eigenvalue weighted by Crippen LogP contribution is 2.20. The minimum Gasteiger partial charge on any atom is -0.351 e. The number of benzene rings is 1. The van der Waals surface area contributed by atoms with Crippen LogP contribution in [-0.2, 0) is 11.3 Å². The molecule has 0 unspecified atom stereocenters. The molecule has 17 heavy (non-hydrogen) atoms. The summed E-state index contributed by atoms with van der Waals surface area (Å²) in [7, 11) is 0. The minimum absolute atomic E-state index is 0.0533. The van der Waals surface area contributed by atoms with Crippen LogP contribution in [0.25, 0.3) is 0 Å². The maximum Gasteiger partial charge on any atom is 0.272 e. The number of carbonyl (C=O) groups is 1. The third kappa shape index (κ3) is 3.25. The lowest BCUT2D eigenvalue weighted by molar-refractivity contribution is -0.385. The molecular weight excluding hydrogens is 222 g/mol. The lowest BCUT2D eigenvalue weighted by Crippen LogP contribution is -2.37. The Kier molecular flexibility index (Phi) is 4.17. The number of nitro groups is 1. The van der Waals surface area contributed by atoms with Gasteiger partial charge in [0.1, 0.15) is 0 Å². The second-order valence-electron chi connectivity index (χ2n) is 3.82. The van der Waals surface area contributed by atoms with Crippen molar-refractivity contribution in [3.05, 3.63) is 39.4 Å². The smallest absolute Gasteiger partial charge is 0.272 e. The van der Waals surface area contributed by atoms with Crippen LogP contribution >= 0.6 is 0 Å². The van der Waals surface area contributed by atoms with Gasteiger partial charge in [0.05, 0.1) is 11.0 Å². The van der Waals surface area contributed by atoms with Gasteiger partial charge in [0.25, 0.3) is 5.69 Å². The highest BCUT2D eigenvalue weighted by Gasteiger charge is 2.14. The summed E-state index contributed by atoms with van der Waals surface area (Å²) in [5, 5.41) is 13.3. The fourth-order valence-corrected chi connectivity index (χ4v) is 1.40. The zero-order valence-electron chi connectivity index (χ0n) is 9.77. The maximum atomic E-state index is 11.3. The van der Waals surface area contributed by atoms with Crippen molar-refractivity contribution in [2.75, 3.05) is 0 Å². The van der Waals surface area contributed by atoms with E-state index in [9.17, 15) is 14.9 Å². The zero-order chi connectivity index (χ0) is 13.0. The van der Waals surface area contributed by atoms with Gasteiger partial charge in [-0.3, -0.25) is 14.9 Å². The Bertz CT molecular complexity index is 444. The Morgan fingerprint density at radius 1 is 1.59 bits per heavy atom. The molecule has 0 aliphatic rings. The summed E-state index contributed by atoms with van der Waals surface area (Å²) >= 11 is 0. The highest BCUT2D eigenvalue weighted by molar-refractivity contribution is 5.80. The van der Waals surface area contributed by atoms with Crippen LogP contribution in [0.5, 0.6) is 0 Å². The van der Waals surface area contributed by atoms with E-state index < -0.39 is 11.0 Å². The first-order valence-corrected chi connectivity index (χ1v) is 5.19. The maximum absolute atomic E-state index is 11.3. The molecule has 1 amide bonds. The topological polar surface area (TPSA) is 98.3 Å². The molecule has 0 saturated heterocycles. The summed E-state index contributed by atoms with van der Waals surface area (Å²) in [6, 6.07) is 4.18. The fraction of sp³-hybridized carbons (Fsp3) is 0.364. The van der Waals surface area contributed by atoms with Crippen molar-refractivity contribution < 1.29 is 9.72 Å². The van der Waals surface area contributed by atoms with E-state index in [4.69, 9.17) is 5.73 Å². The molecule has 1 aromatic rings. The van der Waals surface area contributed by atoms with E-state index in [0.717, 1.165) is 0 Å². The summed E-state index contributed by atoms with van der Waals surface area (Å²) in [6.07, 6.45) is 0. The summed E-state index contributed by atoms with van der Waals surface area (Å²) in [5.41, 5.74) is 6.72. The Labute approximate surface area is 99.0 Å². The number of hydrogen-bond acceptors (Lipinski definition) is 4. The SMILES string of the molecule is Cc1c(CNC(=O)[C@H](C)N)cccc1[N+](=O)[O-]. The van der Waals surface area contributed by atoms with Crippen LogP contribution < -0.4 is 11.1 Å². The summed E-state index contributed by atoms with van der Waals surface area (Å²) < 4.78 is 0. The lowest BCUT2D eigenvalue weighted by Gasteiger charge is -2.09. The molecule has 1 atom stereocenters. The number of nitrogens with zero attached hydrogens (tertiary/aromatic N) is 1. The molecular formula is C11H15N3O3. The molecule has 0 saturated carbocycles. The average molecular weight is 237 g/mol. The van der Waals surface area contributed by atoms with Crippen LogP contribution in [0.15, 0.2) is 18.2 Å². The van der Waals surface area contributed by atoms with E-state index >= 15 is 0 Å². The molecule has 1 rings (SSSR count). The molecule has 0 radical (unpaired) electrons. The normalized spacial score (nSPS) is 11.9. The Morgan fingerprint density at radius 3 is 2.76 bits per heavy atom. The molecule has 0 aliphatic heterocycles. The van der Waals surface area contributed by atoms with E-state index in [-0.39, 0.29) is 18.1 Å². The first-order chi connectivity index (χ1) is 7.93. The van der Waals surface area contributed by atoms with Crippen LogP contribution in [0.1, 0.15) is 18.1 Å². The molecule has 0 bridgehead atoms. The lowest BCUT2D eigenvalue weighted by atomic mass is 10.1. The van der Waals surface area contributed by atoms with Gasteiger partial charge >= 0.3 is 0 Å². The van der Waals surface area contributed by atoms with E-state index in [1.54, 1.807) is 26.0 Å². The van der Waals surface area contributed by atoms with Gasteiger partial charge in [0, 0.05) is 18.2 Å². The standard InChI is InChI=1S/C11H15N3O3/c1-7-9(6-13-11(15)8(2)12)4-3-5-10(7)14(16)17/h3-5,8H,6,12H2,1-2H3,(H,13,15)/t8-/m0/s1. The number of nitrogens with two attached hydrogens (primary N) is 1. The predicted octanol–water partition coefficient (Wildman–Crippen LogP) is 0.867. The van der Waals surface area contributed by atoms with Gasteiger partial charge in [-0.1, -0.05) is 12.1 Å². The molecule has 0 aliphatic carbocycles. The van der Waals surface area contributed by atoms with Crippen molar-refractivity contribution in [1.29, 1.82) is 0 Å². The van der Waals surface area contributed by atoms with Crippen LogP contribution in [0.2, 0.25) is 0 Å². The summed E-state index contributed by atoms with van der Waals surface area (Å²) in [6.45, 7) is 3.48. The predicted molar refractivity (Wildman–Crippen MR) is 63.3 cm³/mol. The fourth-order valence-electron chi connectivity index (χ4n) is 1.40. The Hall–Kier alpha value is -1.95. The van der Waals surface area contributed by atoms with Gasteiger partial charge in [-0.2, -0.15) is 0 Å². The van der Waals surface area contributed by atoms with Gasteiger partial charge in [0.15, 0.2) is 0 Å². The first kappa shape index (κ1) is 13.1. The van der Waals surface area contributed by atoms with Crippen LogP contribution in [-0.4, -0.2) is 16.9 Å². The first-order valence-electron chi connectivity index (χ1n) is 5.19. The van der Waals surface area contributed by atoms with E-state index in [1.807, 2.05) is 0 Å². The van der Waals surface area contributed by atoms with Gasteiger partial charge in [-0.25, -0.2) is 0 Å². The number of nitro benzene ring substituents is 1. The van der Waals surface area contributed by atoms with E-state index in [2.05, 4.69) is 5.32 Å². The molecule has 0 aromatic heterocycles. The van der Waals surface area contributed by atoms with Gasteiger partial charge in [-0.05, 0) is 19.4 Å². The minimum atomic E-state index is -0.589. The van der Waals surface area contributed by atoms with Crippen molar-refractivity contribution in [3.8, 4) is 0 Å². The van der Waals surface area contributed by atoms with Crippen molar-refractivity contribution in [2.45, 2.75) is 26.4 Å². The van der Waals surface area contributed by atoms with Crippen molar-refractivity contribution in [3.63, 3.8) is 0 Å². The average Bonchev–Trinajstić information content (AvgIpc) is 2.26. The van der Waals surface area contributed by atoms with Crippen molar-refractivity contribution >= 4 is 11.6 Å². The van der Waals surface area contributed by atoms with Crippen LogP contribution in [0, 0.1) is 17.0 Å². The number of carbonyl (C=O) groups excluding carboxylic acids is 1. The number of hydrogen-bond donors (Lipinski definition) is 2. The third-order valence-corrected chi connectivity index (χ3v) is 2.48. The third-order valence-electron chi connectivity index (χ3n) is 2.48. The van der Waals surface area contributed by atoms with Crippen molar-refractivity contribution in [1.82, 2.24) is 5.32 Å². The summed E-state index contributed by atoms with van der Waals surface area (Å²) in [5.74, 6) is -0.282. The number of amides is 1. The Balaban J connectivity index is 2.82. The molecule has 0 spiro atoms. The quantitative estimate of drug-likeness (QED) is 0.599.